The number of imide groups is 1. The van der Waals surface area contributed by atoms with Gasteiger partial charge >= 0.3 is 0 Å². The number of halogens is 3. The molecule has 1 aliphatic heterocycles. The molecule has 0 aliphatic carbocycles. The first kappa shape index (κ1) is 13.0. The van der Waals surface area contributed by atoms with Crippen LogP contribution in [0.25, 0.3) is 0 Å². The molecule has 0 fully saturated rings. The van der Waals surface area contributed by atoms with E-state index in [9.17, 15) is 9.59 Å². The van der Waals surface area contributed by atoms with Gasteiger partial charge in [-0.3, -0.25) is 9.59 Å². The summed E-state index contributed by atoms with van der Waals surface area (Å²) in [5, 5.41) is 0. The number of nitrogens with zero attached hydrogens (tertiary/aromatic N) is 1. The van der Waals surface area contributed by atoms with Crippen molar-refractivity contribution in [1.29, 1.82) is 0 Å². The number of hydrogen-bond donors (Lipinski definition) is 0. The number of hydrogen-bond acceptors (Lipinski definition) is 3. The Morgan fingerprint density at radius 3 is 2.00 bits per heavy atom. The van der Waals surface area contributed by atoms with Crippen molar-refractivity contribution in [2.75, 3.05) is 5.88 Å². The molecule has 1 aliphatic rings. The number of rotatable bonds is 3. The number of alkyl halides is 3. The third-order valence-corrected chi connectivity index (χ3v) is 4.58. The summed E-state index contributed by atoms with van der Waals surface area (Å²) in [5.74, 6) is -0.952. The molecular formula is C10H6Cl3NO2S. The second kappa shape index (κ2) is 4.69. The van der Waals surface area contributed by atoms with Crippen LogP contribution in [0.3, 0.4) is 0 Å². The maximum Gasteiger partial charge on any atom is 0.271 e. The summed E-state index contributed by atoms with van der Waals surface area (Å²) in [6.45, 7) is 0. The fourth-order valence-corrected chi connectivity index (χ4v) is 2.65. The van der Waals surface area contributed by atoms with Crippen molar-refractivity contribution in [1.82, 2.24) is 4.31 Å². The first-order valence-electron chi connectivity index (χ1n) is 4.57. The predicted octanol–water partition coefficient (Wildman–Crippen LogP) is 3.30. The molecule has 17 heavy (non-hydrogen) atoms. The van der Waals surface area contributed by atoms with Crippen molar-refractivity contribution in [3.8, 4) is 0 Å². The van der Waals surface area contributed by atoms with Crippen molar-refractivity contribution < 1.29 is 9.59 Å². The number of carbonyl (C=O) groups excluding carboxylic acids is 2. The zero-order chi connectivity index (χ0) is 12.6. The van der Waals surface area contributed by atoms with E-state index in [4.69, 9.17) is 34.8 Å². The number of carbonyl (C=O) groups is 2. The minimum Gasteiger partial charge on any atom is -0.268 e. The summed E-state index contributed by atoms with van der Waals surface area (Å²) in [4.78, 5) is 23.8. The quantitative estimate of drug-likeness (QED) is 0.488. The minimum absolute atomic E-state index is 0.103. The maximum atomic E-state index is 11.9. The van der Waals surface area contributed by atoms with Crippen LogP contribution in [0.2, 0.25) is 0 Å². The number of amides is 2. The van der Waals surface area contributed by atoms with Gasteiger partial charge in [0, 0.05) is 11.9 Å². The van der Waals surface area contributed by atoms with Crippen molar-refractivity contribution >= 4 is 58.6 Å². The van der Waals surface area contributed by atoms with Crippen LogP contribution < -0.4 is 0 Å². The van der Waals surface area contributed by atoms with Crippen LogP contribution in [-0.2, 0) is 0 Å². The van der Waals surface area contributed by atoms with Gasteiger partial charge in [0.2, 0.25) is 0 Å². The highest BCUT2D eigenvalue weighted by molar-refractivity contribution is 8.02. The second-order valence-electron chi connectivity index (χ2n) is 3.31. The molecule has 1 aromatic carbocycles. The van der Waals surface area contributed by atoms with E-state index in [0.717, 1.165) is 4.31 Å². The third kappa shape index (κ3) is 2.40. The Morgan fingerprint density at radius 2 is 1.59 bits per heavy atom. The van der Waals surface area contributed by atoms with Crippen molar-refractivity contribution in [2.24, 2.45) is 0 Å². The maximum absolute atomic E-state index is 11.9. The largest absolute Gasteiger partial charge is 0.271 e. The van der Waals surface area contributed by atoms with E-state index in [1.165, 1.54) is 0 Å². The van der Waals surface area contributed by atoms with Crippen LogP contribution in [-0.4, -0.2) is 25.7 Å². The predicted molar refractivity (Wildman–Crippen MR) is 69.7 cm³/mol. The minimum atomic E-state index is -1.41. The van der Waals surface area contributed by atoms with Gasteiger partial charge < -0.3 is 0 Å². The molecule has 0 aromatic heterocycles. The lowest BCUT2D eigenvalue weighted by Crippen LogP contribution is -2.28. The summed E-state index contributed by atoms with van der Waals surface area (Å²) in [5.41, 5.74) is 0.701. The standard InChI is InChI=1S/C10H6Cl3NO2S/c11-5-10(12,13)17-14-8(15)6-3-1-2-4-7(6)9(14)16/h1-4H,5H2. The molecule has 0 bridgehead atoms. The Morgan fingerprint density at radius 1 is 1.12 bits per heavy atom. The molecule has 0 N–H and O–H groups in total. The van der Waals surface area contributed by atoms with E-state index in [1.54, 1.807) is 24.3 Å². The lowest BCUT2D eigenvalue weighted by atomic mass is 10.1. The zero-order valence-corrected chi connectivity index (χ0v) is 11.4. The number of fused-ring (bicyclic) bond motifs is 1. The third-order valence-electron chi connectivity index (χ3n) is 2.14. The summed E-state index contributed by atoms with van der Waals surface area (Å²) >= 11 is 17.9. The first-order chi connectivity index (χ1) is 7.96. The summed E-state index contributed by atoms with van der Waals surface area (Å²) in [7, 11) is 0. The van der Waals surface area contributed by atoms with Gasteiger partial charge in [-0.05, 0) is 12.1 Å². The SMILES string of the molecule is O=C1c2ccccc2C(=O)N1SC(Cl)(Cl)CCl. The first-order valence-corrected chi connectivity index (χ1v) is 6.63. The van der Waals surface area contributed by atoms with Crippen LogP contribution in [0, 0.1) is 0 Å². The molecule has 2 rings (SSSR count). The van der Waals surface area contributed by atoms with Gasteiger partial charge in [0.25, 0.3) is 11.8 Å². The van der Waals surface area contributed by atoms with Crippen LogP contribution in [0.5, 0.6) is 0 Å². The Kier molecular flexibility index (Phi) is 3.59. The van der Waals surface area contributed by atoms with Crippen LogP contribution in [0.4, 0.5) is 0 Å². The molecule has 0 atom stereocenters. The Hall–Kier alpha value is -0.420. The summed E-state index contributed by atoms with van der Waals surface area (Å²) in [6.07, 6.45) is 0. The smallest absolute Gasteiger partial charge is 0.268 e. The molecule has 0 radical (unpaired) electrons. The van der Waals surface area contributed by atoms with Gasteiger partial charge in [0.1, 0.15) is 0 Å². The van der Waals surface area contributed by atoms with Gasteiger partial charge in [-0.1, -0.05) is 35.3 Å². The topological polar surface area (TPSA) is 37.4 Å². The molecule has 3 nitrogen and oxygen atoms in total. The van der Waals surface area contributed by atoms with Crippen LogP contribution >= 0.6 is 46.8 Å². The highest BCUT2D eigenvalue weighted by Gasteiger charge is 2.41. The average molecular weight is 311 g/mol. The average Bonchev–Trinajstić information content (AvgIpc) is 2.55. The molecule has 0 saturated heterocycles. The molecule has 1 heterocycles. The van der Waals surface area contributed by atoms with Gasteiger partial charge in [-0.2, -0.15) is 0 Å². The van der Waals surface area contributed by atoms with E-state index in [0.29, 0.717) is 23.1 Å². The van der Waals surface area contributed by atoms with Gasteiger partial charge in [-0.25, -0.2) is 4.31 Å². The van der Waals surface area contributed by atoms with E-state index < -0.39 is 15.5 Å². The Balaban J connectivity index is 2.31. The van der Waals surface area contributed by atoms with Crippen molar-refractivity contribution in [3.05, 3.63) is 35.4 Å². The molecule has 2 amide bonds. The fourth-order valence-electron chi connectivity index (χ4n) is 1.41. The molecule has 0 unspecified atom stereocenters. The lowest BCUT2D eigenvalue weighted by molar-refractivity contribution is 0.0776. The lowest BCUT2D eigenvalue weighted by Gasteiger charge is -2.20. The van der Waals surface area contributed by atoms with Crippen molar-refractivity contribution in [2.45, 2.75) is 3.67 Å². The Labute approximate surface area is 117 Å². The van der Waals surface area contributed by atoms with E-state index in [2.05, 4.69) is 0 Å². The normalized spacial score (nSPS) is 15.4. The zero-order valence-electron chi connectivity index (χ0n) is 8.32. The molecular weight excluding hydrogens is 305 g/mol. The molecule has 0 saturated carbocycles. The summed E-state index contributed by atoms with van der Waals surface area (Å²) in [6, 6.07) is 6.55. The van der Waals surface area contributed by atoms with Crippen LogP contribution in [0.15, 0.2) is 24.3 Å². The molecule has 7 heteroatoms. The van der Waals surface area contributed by atoms with Crippen LogP contribution in [0.1, 0.15) is 20.7 Å². The second-order valence-corrected chi connectivity index (χ2v) is 6.76. The van der Waals surface area contributed by atoms with E-state index in [1.807, 2.05) is 0 Å². The van der Waals surface area contributed by atoms with E-state index in [-0.39, 0.29) is 5.88 Å². The monoisotopic (exact) mass is 309 g/mol. The highest BCUT2D eigenvalue weighted by Crippen LogP contribution is 2.41. The van der Waals surface area contributed by atoms with Crippen molar-refractivity contribution in [3.63, 3.8) is 0 Å². The van der Waals surface area contributed by atoms with Gasteiger partial charge in [0.15, 0.2) is 3.67 Å². The van der Waals surface area contributed by atoms with Gasteiger partial charge in [-0.15, -0.1) is 11.6 Å². The van der Waals surface area contributed by atoms with E-state index >= 15 is 0 Å². The van der Waals surface area contributed by atoms with Gasteiger partial charge in [0.05, 0.1) is 17.0 Å². The fraction of sp³-hybridized carbons (Fsp3) is 0.200. The number of benzene rings is 1. The highest BCUT2D eigenvalue weighted by atomic mass is 35.5. The molecule has 90 valence electrons. The Bertz CT molecular complexity index is 457. The summed E-state index contributed by atoms with van der Waals surface area (Å²) < 4.78 is -0.470. The molecule has 1 aromatic rings. The molecule has 0 spiro atoms.